The molecule has 0 saturated carbocycles. The Balaban J connectivity index is 2.60. The van der Waals surface area contributed by atoms with Crippen molar-refractivity contribution < 1.29 is 14.6 Å². The molecule has 1 rings (SSSR count). The Labute approximate surface area is 70.6 Å². The number of hydrogen-bond donors (Lipinski definition) is 1. The molecular weight excluding hydrogens is 158 g/mol. The van der Waals surface area contributed by atoms with E-state index in [9.17, 15) is 4.79 Å². The molecule has 0 radical (unpaired) electrons. The molecule has 0 amide bonds. The van der Waals surface area contributed by atoms with Crippen LogP contribution in [0.5, 0.6) is 0 Å². The first-order valence-corrected chi connectivity index (χ1v) is 3.71. The fraction of sp³-hybridized carbons (Fsp3) is 0.500. The molecule has 0 bridgehead atoms. The summed E-state index contributed by atoms with van der Waals surface area (Å²) in [6, 6.07) is 0. The standard InChI is InChI=1S/C8H11NO3/c1-12-5-7-3-2-6(4-9-7)8(10)11/h4H,2-3,5H2,1H3,(H,10,11). The molecule has 66 valence electrons. The average Bonchev–Trinajstić information content (AvgIpc) is 2.06. The summed E-state index contributed by atoms with van der Waals surface area (Å²) >= 11 is 0. The zero-order valence-corrected chi connectivity index (χ0v) is 6.91. The molecule has 0 unspecified atom stereocenters. The first-order valence-electron chi connectivity index (χ1n) is 3.71. The van der Waals surface area contributed by atoms with Crippen LogP contribution in [0.4, 0.5) is 0 Å². The minimum Gasteiger partial charge on any atom is -0.478 e. The summed E-state index contributed by atoms with van der Waals surface area (Å²) in [5, 5.41) is 8.59. The van der Waals surface area contributed by atoms with E-state index in [-0.39, 0.29) is 0 Å². The van der Waals surface area contributed by atoms with Gasteiger partial charge in [-0.2, -0.15) is 0 Å². The topological polar surface area (TPSA) is 58.9 Å². The highest BCUT2D eigenvalue weighted by molar-refractivity contribution is 5.93. The van der Waals surface area contributed by atoms with Crippen molar-refractivity contribution >= 4 is 11.7 Å². The molecule has 0 aromatic rings. The van der Waals surface area contributed by atoms with Gasteiger partial charge in [-0.25, -0.2) is 4.79 Å². The SMILES string of the molecule is COCC1=NC=C(C(=O)O)CC1. The number of aliphatic imine (C=N–C) groups is 1. The summed E-state index contributed by atoms with van der Waals surface area (Å²) in [7, 11) is 1.60. The van der Waals surface area contributed by atoms with Gasteiger partial charge in [0.1, 0.15) is 0 Å². The van der Waals surface area contributed by atoms with Crippen molar-refractivity contribution in [2.75, 3.05) is 13.7 Å². The molecule has 12 heavy (non-hydrogen) atoms. The Morgan fingerprint density at radius 2 is 2.50 bits per heavy atom. The summed E-state index contributed by atoms with van der Waals surface area (Å²) in [5.41, 5.74) is 1.28. The molecule has 0 aromatic heterocycles. The van der Waals surface area contributed by atoms with Gasteiger partial charge in [-0.15, -0.1) is 0 Å². The largest absolute Gasteiger partial charge is 0.478 e. The normalized spacial score (nSPS) is 16.8. The number of rotatable bonds is 3. The van der Waals surface area contributed by atoms with Crippen LogP contribution in [0.25, 0.3) is 0 Å². The van der Waals surface area contributed by atoms with E-state index in [1.54, 1.807) is 7.11 Å². The Kier molecular flexibility index (Phi) is 2.99. The number of hydrogen-bond acceptors (Lipinski definition) is 3. The molecule has 1 aliphatic rings. The van der Waals surface area contributed by atoms with Gasteiger partial charge in [0.15, 0.2) is 0 Å². The van der Waals surface area contributed by atoms with Crippen LogP contribution < -0.4 is 0 Å². The van der Waals surface area contributed by atoms with Crippen molar-refractivity contribution in [2.24, 2.45) is 4.99 Å². The second-order valence-electron chi connectivity index (χ2n) is 2.59. The molecule has 1 heterocycles. The predicted octanol–water partition coefficient (Wildman–Crippen LogP) is 0.836. The van der Waals surface area contributed by atoms with E-state index in [1.165, 1.54) is 6.20 Å². The van der Waals surface area contributed by atoms with Crippen molar-refractivity contribution in [1.82, 2.24) is 0 Å². The third-order valence-corrected chi connectivity index (χ3v) is 1.67. The average molecular weight is 169 g/mol. The van der Waals surface area contributed by atoms with Crippen LogP contribution in [0.15, 0.2) is 16.8 Å². The summed E-state index contributed by atoms with van der Waals surface area (Å²) in [5.74, 6) is -0.879. The van der Waals surface area contributed by atoms with E-state index in [0.29, 0.717) is 25.0 Å². The van der Waals surface area contributed by atoms with E-state index in [0.717, 1.165) is 5.71 Å². The van der Waals surface area contributed by atoms with Gasteiger partial charge in [0, 0.05) is 19.0 Å². The highest BCUT2D eigenvalue weighted by atomic mass is 16.5. The molecule has 0 saturated heterocycles. The van der Waals surface area contributed by atoms with Crippen molar-refractivity contribution in [3.63, 3.8) is 0 Å². The van der Waals surface area contributed by atoms with E-state index in [4.69, 9.17) is 9.84 Å². The lowest BCUT2D eigenvalue weighted by Crippen LogP contribution is -2.13. The van der Waals surface area contributed by atoms with Crippen LogP contribution in [0.1, 0.15) is 12.8 Å². The maximum Gasteiger partial charge on any atom is 0.333 e. The number of carbonyl (C=O) groups is 1. The molecule has 0 fully saturated rings. The summed E-state index contributed by atoms with van der Waals surface area (Å²) in [4.78, 5) is 14.4. The van der Waals surface area contributed by atoms with Crippen molar-refractivity contribution in [3.05, 3.63) is 11.8 Å². The van der Waals surface area contributed by atoms with Gasteiger partial charge in [0.2, 0.25) is 0 Å². The second kappa shape index (κ2) is 4.01. The Hall–Kier alpha value is -1.16. The van der Waals surface area contributed by atoms with Gasteiger partial charge < -0.3 is 9.84 Å². The molecule has 4 heteroatoms. The fourth-order valence-electron chi connectivity index (χ4n) is 1.02. The fourth-order valence-corrected chi connectivity index (χ4v) is 1.02. The van der Waals surface area contributed by atoms with E-state index < -0.39 is 5.97 Å². The van der Waals surface area contributed by atoms with Crippen LogP contribution >= 0.6 is 0 Å². The smallest absolute Gasteiger partial charge is 0.333 e. The minimum absolute atomic E-state index is 0.370. The molecule has 1 aliphatic heterocycles. The Morgan fingerprint density at radius 3 is 2.92 bits per heavy atom. The number of carboxylic acids is 1. The monoisotopic (exact) mass is 169 g/mol. The third-order valence-electron chi connectivity index (χ3n) is 1.67. The lowest BCUT2D eigenvalue weighted by atomic mass is 10.1. The van der Waals surface area contributed by atoms with Crippen molar-refractivity contribution in [1.29, 1.82) is 0 Å². The number of aliphatic carboxylic acids is 1. The third kappa shape index (κ3) is 2.17. The lowest BCUT2D eigenvalue weighted by Gasteiger charge is -2.09. The highest BCUT2D eigenvalue weighted by Crippen LogP contribution is 2.12. The lowest BCUT2D eigenvalue weighted by molar-refractivity contribution is -0.132. The predicted molar refractivity (Wildman–Crippen MR) is 44.3 cm³/mol. The van der Waals surface area contributed by atoms with Crippen molar-refractivity contribution in [3.8, 4) is 0 Å². The van der Waals surface area contributed by atoms with Gasteiger partial charge in [-0.3, -0.25) is 4.99 Å². The number of carboxylic acid groups (broad SMARTS) is 1. The molecule has 0 atom stereocenters. The molecule has 0 aliphatic carbocycles. The van der Waals surface area contributed by atoms with E-state index in [2.05, 4.69) is 4.99 Å². The number of methoxy groups -OCH3 is 1. The molecular formula is C8H11NO3. The maximum absolute atomic E-state index is 10.5. The van der Waals surface area contributed by atoms with Crippen LogP contribution in [-0.4, -0.2) is 30.5 Å². The highest BCUT2D eigenvalue weighted by Gasteiger charge is 2.12. The quantitative estimate of drug-likeness (QED) is 0.680. The van der Waals surface area contributed by atoms with E-state index in [1.807, 2.05) is 0 Å². The Bertz CT molecular complexity index is 243. The number of nitrogens with zero attached hydrogens (tertiary/aromatic N) is 1. The first kappa shape index (κ1) is 8.93. The molecule has 0 aromatic carbocycles. The summed E-state index contributed by atoms with van der Waals surface area (Å²) in [6.07, 6.45) is 2.64. The van der Waals surface area contributed by atoms with Crippen LogP contribution in [0.3, 0.4) is 0 Å². The van der Waals surface area contributed by atoms with Crippen LogP contribution in [0.2, 0.25) is 0 Å². The van der Waals surface area contributed by atoms with Gasteiger partial charge in [0.05, 0.1) is 12.2 Å². The van der Waals surface area contributed by atoms with Crippen LogP contribution in [0, 0.1) is 0 Å². The number of ether oxygens (including phenoxy) is 1. The Morgan fingerprint density at radius 1 is 1.75 bits per heavy atom. The molecule has 4 nitrogen and oxygen atoms in total. The van der Waals surface area contributed by atoms with Crippen molar-refractivity contribution in [2.45, 2.75) is 12.8 Å². The zero-order chi connectivity index (χ0) is 8.97. The van der Waals surface area contributed by atoms with E-state index >= 15 is 0 Å². The summed E-state index contributed by atoms with van der Waals surface area (Å²) in [6.45, 7) is 0.489. The van der Waals surface area contributed by atoms with Gasteiger partial charge >= 0.3 is 5.97 Å². The minimum atomic E-state index is -0.879. The second-order valence-corrected chi connectivity index (χ2v) is 2.59. The van der Waals surface area contributed by atoms with Gasteiger partial charge in [-0.05, 0) is 12.8 Å². The summed E-state index contributed by atoms with van der Waals surface area (Å²) < 4.78 is 4.87. The molecule has 0 spiro atoms. The molecule has 1 N–H and O–H groups in total. The van der Waals surface area contributed by atoms with Crippen LogP contribution in [-0.2, 0) is 9.53 Å². The maximum atomic E-state index is 10.5. The van der Waals surface area contributed by atoms with Gasteiger partial charge in [0.25, 0.3) is 0 Å². The first-order chi connectivity index (χ1) is 5.74. The zero-order valence-electron chi connectivity index (χ0n) is 6.91. The van der Waals surface area contributed by atoms with Gasteiger partial charge in [-0.1, -0.05) is 0 Å².